The molecule has 1 aliphatic rings. The van der Waals surface area contributed by atoms with Crippen LogP contribution in [0.3, 0.4) is 0 Å². The summed E-state index contributed by atoms with van der Waals surface area (Å²) in [6.07, 6.45) is 3.97. The van der Waals surface area contributed by atoms with Gasteiger partial charge in [-0.1, -0.05) is 11.8 Å². The van der Waals surface area contributed by atoms with Gasteiger partial charge in [-0.3, -0.25) is 4.79 Å². The number of thiazole rings is 1. The molecule has 3 nitrogen and oxygen atoms in total. The van der Waals surface area contributed by atoms with Crippen molar-refractivity contribution in [2.45, 2.75) is 17.2 Å². The number of anilines is 1. The van der Waals surface area contributed by atoms with Crippen LogP contribution < -0.4 is 5.73 Å². The second-order valence-electron chi connectivity index (χ2n) is 3.04. The van der Waals surface area contributed by atoms with Gasteiger partial charge < -0.3 is 5.73 Å². The van der Waals surface area contributed by atoms with Gasteiger partial charge in [-0.15, -0.1) is 11.3 Å². The Hall–Kier alpha value is -0.550. The van der Waals surface area contributed by atoms with Gasteiger partial charge in [0.05, 0.1) is 0 Å². The predicted molar refractivity (Wildman–Crippen MR) is 55.4 cm³/mol. The average molecular weight is 214 g/mol. The van der Waals surface area contributed by atoms with Crippen LogP contribution in [0.4, 0.5) is 5.82 Å². The molecule has 1 saturated carbocycles. The normalized spacial score (nSPS) is 16.1. The van der Waals surface area contributed by atoms with Crippen molar-refractivity contribution < 1.29 is 4.79 Å². The molecule has 70 valence electrons. The first-order valence-corrected chi connectivity index (χ1v) is 6.11. The molecular weight excluding hydrogens is 204 g/mol. The number of hydrogen-bond acceptors (Lipinski definition) is 5. The summed E-state index contributed by atoms with van der Waals surface area (Å²) in [5.41, 5.74) is 5.65. The molecule has 1 aromatic heterocycles. The minimum absolute atomic E-state index is 0.190. The Bertz CT molecular complexity index is 344. The van der Waals surface area contributed by atoms with E-state index in [0.717, 1.165) is 17.2 Å². The van der Waals surface area contributed by atoms with Gasteiger partial charge >= 0.3 is 0 Å². The van der Waals surface area contributed by atoms with E-state index in [2.05, 4.69) is 4.98 Å². The van der Waals surface area contributed by atoms with E-state index in [-0.39, 0.29) is 11.7 Å². The first-order valence-electron chi connectivity index (χ1n) is 4.07. The van der Waals surface area contributed by atoms with Crippen molar-refractivity contribution in [1.29, 1.82) is 0 Å². The van der Waals surface area contributed by atoms with Crippen molar-refractivity contribution in [1.82, 2.24) is 4.98 Å². The maximum Gasteiger partial charge on any atom is 0.179 e. The van der Waals surface area contributed by atoms with Crippen molar-refractivity contribution in [3.8, 4) is 0 Å². The van der Waals surface area contributed by atoms with Crippen LogP contribution in [0.15, 0.2) is 4.34 Å². The molecule has 0 aliphatic heterocycles. The van der Waals surface area contributed by atoms with Crippen molar-refractivity contribution in [2.24, 2.45) is 5.92 Å². The third kappa shape index (κ3) is 1.71. The number of Topliss-reactive ketones (excluding diaryl/α,β-unsaturated/α-hetero) is 1. The van der Waals surface area contributed by atoms with E-state index in [4.69, 9.17) is 5.73 Å². The highest BCUT2D eigenvalue weighted by atomic mass is 32.2. The van der Waals surface area contributed by atoms with Crippen LogP contribution in [0, 0.1) is 5.92 Å². The molecule has 0 unspecified atom stereocenters. The molecule has 5 heteroatoms. The van der Waals surface area contributed by atoms with Crippen LogP contribution in [0.2, 0.25) is 0 Å². The SMILES string of the molecule is CSc1nc(N)c(C(=O)C2CC2)s1. The van der Waals surface area contributed by atoms with E-state index in [1.165, 1.54) is 23.1 Å². The van der Waals surface area contributed by atoms with Crippen molar-refractivity contribution in [3.63, 3.8) is 0 Å². The number of carbonyl (C=O) groups excluding carboxylic acids is 1. The van der Waals surface area contributed by atoms with Crippen LogP contribution >= 0.6 is 23.1 Å². The van der Waals surface area contributed by atoms with Crippen LogP contribution in [0.1, 0.15) is 22.5 Å². The quantitative estimate of drug-likeness (QED) is 0.618. The van der Waals surface area contributed by atoms with Crippen molar-refractivity contribution >= 4 is 34.7 Å². The van der Waals surface area contributed by atoms with Crippen molar-refractivity contribution in [3.05, 3.63) is 4.88 Å². The van der Waals surface area contributed by atoms with Gasteiger partial charge in [0.2, 0.25) is 0 Å². The van der Waals surface area contributed by atoms with Gasteiger partial charge in [-0.05, 0) is 19.1 Å². The maximum atomic E-state index is 11.6. The third-order valence-electron chi connectivity index (χ3n) is 1.98. The molecule has 2 rings (SSSR count). The summed E-state index contributed by atoms with van der Waals surface area (Å²) in [4.78, 5) is 16.4. The first kappa shape index (κ1) is 9.02. The molecule has 0 spiro atoms. The van der Waals surface area contributed by atoms with Gasteiger partial charge in [0.25, 0.3) is 0 Å². The Labute approximate surface area is 84.7 Å². The van der Waals surface area contributed by atoms with Crippen LogP contribution in [0.5, 0.6) is 0 Å². The average Bonchev–Trinajstić information content (AvgIpc) is 2.89. The number of rotatable bonds is 3. The highest BCUT2D eigenvalue weighted by Crippen LogP contribution is 2.37. The van der Waals surface area contributed by atoms with E-state index < -0.39 is 0 Å². The predicted octanol–water partition coefficient (Wildman–Crippen LogP) is 2.04. The Balaban J connectivity index is 2.27. The Kier molecular flexibility index (Phi) is 2.29. The molecule has 1 aliphatic carbocycles. The molecule has 0 atom stereocenters. The molecule has 1 heterocycles. The number of nitrogens with zero attached hydrogens (tertiary/aromatic N) is 1. The van der Waals surface area contributed by atoms with Gasteiger partial charge in [-0.25, -0.2) is 4.98 Å². The summed E-state index contributed by atoms with van der Waals surface area (Å²) >= 11 is 2.94. The smallest absolute Gasteiger partial charge is 0.179 e. The van der Waals surface area contributed by atoms with Gasteiger partial charge in [0, 0.05) is 5.92 Å². The highest BCUT2D eigenvalue weighted by molar-refractivity contribution is 8.00. The Morgan fingerprint density at radius 1 is 1.69 bits per heavy atom. The number of nitrogen functional groups attached to an aromatic ring is 1. The molecule has 0 aromatic carbocycles. The summed E-state index contributed by atoms with van der Waals surface area (Å²) in [5, 5.41) is 0. The summed E-state index contributed by atoms with van der Waals surface area (Å²) in [5.74, 6) is 0.832. The van der Waals surface area contributed by atoms with Crippen LogP contribution in [-0.4, -0.2) is 17.0 Å². The summed E-state index contributed by atoms with van der Waals surface area (Å²) < 4.78 is 0.876. The fourth-order valence-corrected chi connectivity index (χ4v) is 2.62. The summed E-state index contributed by atoms with van der Waals surface area (Å²) in [6, 6.07) is 0. The van der Waals surface area contributed by atoms with Gasteiger partial charge in [0.15, 0.2) is 10.1 Å². The van der Waals surface area contributed by atoms with Gasteiger partial charge in [0.1, 0.15) is 10.7 Å². The number of thioether (sulfide) groups is 1. The fourth-order valence-electron chi connectivity index (χ4n) is 1.11. The summed E-state index contributed by atoms with van der Waals surface area (Å²) in [6.45, 7) is 0. The number of aromatic nitrogens is 1. The van der Waals surface area contributed by atoms with E-state index in [9.17, 15) is 4.79 Å². The maximum absolute atomic E-state index is 11.6. The Morgan fingerprint density at radius 3 is 2.85 bits per heavy atom. The molecule has 0 saturated heterocycles. The van der Waals surface area contributed by atoms with E-state index in [0.29, 0.717) is 10.7 Å². The first-order chi connectivity index (χ1) is 6.22. The van der Waals surface area contributed by atoms with E-state index in [1.807, 2.05) is 6.26 Å². The lowest BCUT2D eigenvalue weighted by Crippen LogP contribution is -2.02. The second-order valence-corrected chi connectivity index (χ2v) is 5.09. The lowest BCUT2D eigenvalue weighted by molar-refractivity contribution is 0.0972. The molecule has 1 aromatic rings. The molecule has 2 N–H and O–H groups in total. The standard InChI is InChI=1S/C8H10N2OS2/c1-12-8-10-7(9)6(13-8)5(11)4-2-3-4/h4H,2-3,9H2,1H3. The molecular formula is C8H10N2OS2. The second kappa shape index (κ2) is 3.31. The van der Waals surface area contributed by atoms with Crippen molar-refractivity contribution in [2.75, 3.05) is 12.0 Å². The fraction of sp³-hybridized carbons (Fsp3) is 0.500. The third-order valence-corrected chi connectivity index (χ3v) is 4.05. The topological polar surface area (TPSA) is 56.0 Å². The number of hydrogen-bond donors (Lipinski definition) is 1. The minimum Gasteiger partial charge on any atom is -0.382 e. The molecule has 1 fully saturated rings. The largest absolute Gasteiger partial charge is 0.382 e. The number of ketones is 1. The molecule has 0 amide bonds. The van der Waals surface area contributed by atoms with Crippen LogP contribution in [-0.2, 0) is 0 Å². The zero-order chi connectivity index (χ0) is 9.42. The zero-order valence-electron chi connectivity index (χ0n) is 7.24. The lowest BCUT2D eigenvalue weighted by atomic mass is 10.2. The number of carbonyl (C=O) groups is 1. The highest BCUT2D eigenvalue weighted by Gasteiger charge is 2.33. The monoisotopic (exact) mass is 214 g/mol. The minimum atomic E-state index is 0.190. The Morgan fingerprint density at radius 2 is 2.38 bits per heavy atom. The molecule has 13 heavy (non-hydrogen) atoms. The van der Waals surface area contributed by atoms with E-state index >= 15 is 0 Å². The van der Waals surface area contributed by atoms with Gasteiger partial charge in [-0.2, -0.15) is 0 Å². The molecule has 0 bridgehead atoms. The van der Waals surface area contributed by atoms with Crippen LogP contribution in [0.25, 0.3) is 0 Å². The molecule has 0 radical (unpaired) electrons. The summed E-state index contributed by atoms with van der Waals surface area (Å²) in [7, 11) is 0. The lowest BCUT2D eigenvalue weighted by Gasteiger charge is -1.92. The number of nitrogens with two attached hydrogens (primary N) is 1. The van der Waals surface area contributed by atoms with E-state index in [1.54, 1.807) is 0 Å². The zero-order valence-corrected chi connectivity index (χ0v) is 8.87.